The molecule has 6 heteroatoms. The van der Waals surface area contributed by atoms with Crippen molar-refractivity contribution < 1.29 is 23.5 Å². The maximum atomic E-state index is 12.9. The predicted octanol–water partition coefficient (Wildman–Crippen LogP) is 2.39. The predicted molar refractivity (Wildman–Crippen MR) is 70.4 cm³/mol. The van der Waals surface area contributed by atoms with Crippen LogP contribution in [0, 0.1) is 5.82 Å². The third-order valence-corrected chi connectivity index (χ3v) is 2.53. The smallest absolute Gasteiger partial charge is 0.408 e. The molecule has 0 saturated heterocycles. The molecule has 0 unspecified atom stereocenters. The molecular weight excluding hydrogens is 265 g/mol. The Morgan fingerprint density at radius 3 is 2.65 bits per heavy atom. The van der Waals surface area contributed by atoms with Gasteiger partial charge in [0.25, 0.3) is 0 Å². The Bertz CT molecular complexity index is 464. The maximum absolute atomic E-state index is 12.9. The van der Waals surface area contributed by atoms with Gasteiger partial charge in [-0.05, 0) is 31.0 Å². The highest BCUT2D eigenvalue weighted by atomic mass is 19.1. The van der Waals surface area contributed by atoms with Gasteiger partial charge in [0.05, 0.1) is 6.61 Å². The van der Waals surface area contributed by atoms with E-state index in [4.69, 9.17) is 9.47 Å². The summed E-state index contributed by atoms with van der Waals surface area (Å²) in [5.41, 5.74) is 0.532. The average Bonchev–Trinajstić information content (AvgIpc) is 2.43. The van der Waals surface area contributed by atoms with Crippen LogP contribution in [0.25, 0.3) is 0 Å². The normalized spacial score (nSPS) is 11.6. The van der Waals surface area contributed by atoms with Crippen LogP contribution in [0.2, 0.25) is 0 Å². The van der Waals surface area contributed by atoms with E-state index in [9.17, 15) is 14.0 Å². The molecule has 5 nitrogen and oxygen atoms in total. The summed E-state index contributed by atoms with van der Waals surface area (Å²) in [7, 11) is 0. The zero-order valence-corrected chi connectivity index (χ0v) is 11.5. The minimum atomic E-state index is -0.742. The van der Waals surface area contributed by atoms with Gasteiger partial charge < -0.3 is 14.8 Å². The first-order chi connectivity index (χ1) is 9.56. The highest BCUT2D eigenvalue weighted by Gasteiger charge is 2.20. The van der Waals surface area contributed by atoms with Gasteiger partial charge in [-0.3, -0.25) is 0 Å². The Morgan fingerprint density at radius 1 is 1.30 bits per heavy atom. The van der Waals surface area contributed by atoms with Gasteiger partial charge in [0.2, 0.25) is 0 Å². The Balaban J connectivity index is 2.44. The minimum Gasteiger partial charge on any atom is -0.464 e. The van der Waals surface area contributed by atoms with E-state index >= 15 is 0 Å². The first-order valence-electron chi connectivity index (χ1n) is 6.41. The number of nitrogens with one attached hydrogen (secondary N) is 1. The SMILES string of the molecule is CCOC(=O)[C@H](CC)NC(=O)OCc1cccc(F)c1. The van der Waals surface area contributed by atoms with Gasteiger partial charge in [-0.15, -0.1) is 0 Å². The van der Waals surface area contributed by atoms with Crippen LogP contribution in [-0.2, 0) is 20.9 Å². The van der Waals surface area contributed by atoms with Crippen LogP contribution in [-0.4, -0.2) is 24.7 Å². The van der Waals surface area contributed by atoms with Gasteiger partial charge >= 0.3 is 12.1 Å². The second-order valence-electron chi connectivity index (χ2n) is 4.06. The molecule has 1 N–H and O–H groups in total. The second kappa shape index (κ2) is 8.14. The van der Waals surface area contributed by atoms with E-state index in [0.717, 1.165) is 0 Å². The van der Waals surface area contributed by atoms with E-state index in [1.54, 1.807) is 19.9 Å². The van der Waals surface area contributed by atoms with E-state index in [-0.39, 0.29) is 13.2 Å². The minimum absolute atomic E-state index is 0.0666. The van der Waals surface area contributed by atoms with Crippen molar-refractivity contribution in [3.8, 4) is 0 Å². The lowest BCUT2D eigenvalue weighted by Crippen LogP contribution is -2.41. The zero-order chi connectivity index (χ0) is 15.0. The third-order valence-electron chi connectivity index (χ3n) is 2.53. The molecule has 0 radical (unpaired) electrons. The van der Waals surface area contributed by atoms with Crippen LogP contribution in [0.3, 0.4) is 0 Å². The van der Waals surface area contributed by atoms with Crippen LogP contribution in [0.1, 0.15) is 25.8 Å². The Kier molecular flexibility index (Phi) is 6.49. The highest BCUT2D eigenvalue weighted by molar-refractivity contribution is 5.81. The summed E-state index contributed by atoms with van der Waals surface area (Å²) in [6.07, 6.45) is -0.345. The van der Waals surface area contributed by atoms with Crippen LogP contribution < -0.4 is 5.32 Å². The fraction of sp³-hybridized carbons (Fsp3) is 0.429. The quantitative estimate of drug-likeness (QED) is 0.814. The number of halogens is 1. The van der Waals surface area contributed by atoms with Crippen LogP contribution >= 0.6 is 0 Å². The van der Waals surface area contributed by atoms with Gasteiger partial charge in [-0.1, -0.05) is 19.1 Å². The molecule has 20 heavy (non-hydrogen) atoms. The topological polar surface area (TPSA) is 64.6 Å². The fourth-order valence-electron chi connectivity index (χ4n) is 1.53. The van der Waals surface area contributed by atoms with Crippen molar-refractivity contribution in [1.29, 1.82) is 0 Å². The molecule has 0 fully saturated rings. The van der Waals surface area contributed by atoms with Gasteiger partial charge in [0.15, 0.2) is 0 Å². The van der Waals surface area contributed by atoms with Gasteiger partial charge in [-0.2, -0.15) is 0 Å². The number of esters is 1. The Hall–Kier alpha value is -2.11. The monoisotopic (exact) mass is 283 g/mol. The molecule has 0 bridgehead atoms. The molecule has 0 aliphatic heterocycles. The number of alkyl carbamates (subject to hydrolysis) is 1. The summed E-state index contributed by atoms with van der Waals surface area (Å²) in [6.45, 7) is 3.61. The molecule has 110 valence electrons. The van der Waals surface area contributed by atoms with E-state index in [1.807, 2.05) is 0 Å². The van der Waals surface area contributed by atoms with Crippen molar-refractivity contribution in [3.05, 3.63) is 35.6 Å². The summed E-state index contributed by atoms with van der Waals surface area (Å²) < 4.78 is 22.7. The van der Waals surface area contributed by atoms with Crippen LogP contribution in [0.5, 0.6) is 0 Å². The lowest BCUT2D eigenvalue weighted by Gasteiger charge is -2.15. The molecule has 0 spiro atoms. The zero-order valence-electron chi connectivity index (χ0n) is 11.5. The van der Waals surface area contributed by atoms with Crippen molar-refractivity contribution >= 4 is 12.1 Å². The van der Waals surface area contributed by atoms with Crippen molar-refractivity contribution in [2.75, 3.05) is 6.61 Å². The molecule has 0 aliphatic carbocycles. The number of carbonyl (C=O) groups is 2. The Morgan fingerprint density at radius 2 is 2.05 bits per heavy atom. The lowest BCUT2D eigenvalue weighted by atomic mass is 10.2. The molecule has 0 saturated carbocycles. The number of ether oxygens (including phenoxy) is 2. The van der Waals surface area contributed by atoms with Crippen LogP contribution in [0.15, 0.2) is 24.3 Å². The van der Waals surface area contributed by atoms with Crippen molar-refractivity contribution in [2.45, 2.75) is 32.9 Å². The van der Waals surface area contributed by atoms with Crippen LogP contribution in [0.4, 0.5) is 9.18 Å². The molecule has 1 amide bonds. The highest BCUT2D eigenvalue weighted by Crippen LogP contribution is 2.05. The van der Waals surface area contributed by atoms with E-state index in [0.29, 0.717) is 12.0 Å². The Labute approximate surface area is 117 Å². The summed E-state index contributed by atoms with van der Waals surface area (Å²) in [4.78, 5) is 23.0. The van der Waals surface area contributed by atoms with Crippen molar-refractivity contribution in [1.82, 2.24) is 5.32 Å². The van der Waals surface area contributed by atoms with Gasteiger partial charge in [0.1, 0.15) is 18.5 Å². The molecule has 1 rings (SSSR count). The largest absolute Gasteiger partial charge is 0.464 e. The van der Waals surface area contributed by atoms with E-state index in [1.165, 1.54) is 18.2 Å². The molecular formula is C14H18FNO4. The fourth-order valence-corrected chi connectivity index (χ4v) is 1.53. The number of hydrogen-bond donors (Lipinski definition) is 1. The number of rotatable bonds is 6. The molecule has 0 heterocycles. The first-order valence-corrected chi connectivity index (χ1v) is 6.41. The summed E-state index contributed by atoms with van der Waals surface area (Å²) in [6, 6.07) is 5.00. The second-order valence-corrected chi connectivity index (χ2v) is 4.06. The van der Waals surface area contributed by atoms with Gasteiger partial charge in [-0.25, -0.2) is 14.0 Å². The summed E-state index contributed by atoms with van der Waals surface area (Å²) >= 11 is 0. The summed E-state index contributed by atoms with van der Waals surface area (Å²) in [5, 5.41) is 2.41. The van der Waals surface area contributed by atoms with Crippen molar-refractivity contribution in [3.63, 3.8) is 0 Å². The van der Waals surface area contributed by atoms with E-state index in [2.05, 4.69) is 5.32 Å². The number of carbonyl (C=O) groups excluding carboxylic acids is 2. The molecule has 0 aliphatic rings. The summed E-state index contributed by atoms with van der Waals surface area (Å²) in [5.74, 6) is -0.901. The molecule has 1 aromatic rings. The number of benzene rings is 1. The maximum Gasteiger partial charge on any atom is 0.408 e. The van der Waals surface area contributed by atoms with Crippen molar-refractivity contribution in [2.24, 2.45) is 0 Å². The molecule has 0 aromatic heterocycles. The average molecular weight is 283 g/mol. The van der Waals surface area contributed by atoms with E-state index < -0.39 is 23.9 Å². The first kappa shape index (κ1) is 15.9. The molecule has 1 aromatic carbocycles. The lowest BCUT2D eigenvalue weighted by molar-refractivity contribution is -0.145. The third kappa shape index (κ3) is 5.26. The number of amides is 1. The van der Waals surface area contributed by atoms with Gasteiger partial charge in [0, 0.05) is 0 Å². The molecule has 1 atom stereocenters. The number of hydrogen-bond acceptors (Lipinski definition) is 4. The standard InChI is InChI=1S/C14H18FNO4/c1-3-12(13(17)19-4-2)16-14(18)20-9-10-6-5-7-11(15)8-10/h5-8,12H,3-4,9H2,1-2H3,(H,16,18)/t12-/m0/s1.